The molecular formula is C17H28N2O2. The maximum Gasteiger partial charge on any atom is 0.141 e. The molecule has 21 heavy (non-hydrogen) atoms. The lowest BCUT2D eigenvalue weighted by molar-refractivity contribution is 0.273. The molecule has 4 nitrogen and oxygen atoms in total. The van der Waals surface area contributed by atoms with Crippen LogP contribution in [-0.4, -0.2) is 21.7 Å². The SMILES string of the molecule is Cc1ncc(CO)c(CNCCC2CCC(C)CC2)c1O. The van der Waals surface area contributed by atoms with E-state index in [9.17, 15) is 10.2 Å². The second kappa shape index (κ2) is 7.76. The van der Waals surface area contributed by atoms with Crippen LogP contribution in [0, 0.1) is 18.8 Å². The predicted molar refractivity (Wildman–Crippen MR) is 84.0 cm³/mol. The van der Waals surface area contributed by atoms with Crippen LogP contribution in [0.25, 0.3) is 0 Å². The van der Waals surface area contributed by atoms with Gasteiger partial charge in [-0.05, 0) is 31.7 Å². The van der Waals surface area contributed by atoms with E-state index in [2.05, 4.69) is 17.2 Å². The summed E-state index contributed by atoms with van der Waals surface area (Å²) in [6.07, 6.45) is 8.28. The van der Waals surface area contributed by atoms with Crippen LogP contribution in [-0.2, 0) is 13.2 Å². The topological polar surface area (TPSA) is 65.4 Å². The number of aromatic hydroxyl groups is 1. The molecule has 1 aliphatic carbocycles. The fraction of sp³-hybridized carbons (Fsp3) is 0.706. The summed E-state index contributed by atoms with van der Waals surface area (Å²) in [4.78, 5) is 4.08. The van der Waals surface area contributed by atoms with E-state index in [0.29, 0.717) is 17.8 Å². The van der Waals surface area contributed by atoms with Gasteiger partial charge in [-0.1, -0.05) is 32.6 Å². The van der Waals surface area contributed by atoms with Gasteiger partial charge in [0.15, 0.2) is 0 Å². The summed E-state index contributed by atoms with van der Waals surface area (Å²) in [7, 11) is 0. The maximum absolute atomic E-state index is 10.1. The van der Waals surface area contributed by atoms with Gasteiger partial charge in [-0.15, -0.1) is 0 Å². The van der Waals surface area contributed by atoms with Crippen LogP contribution >= 0.6 is 0 Å². The molecule has 118 valence electrons. The molecule has 1 fully saturated rings. The highest BCUT2D eigenvalue weighted by molar-refractivity contribution is 5.40. The quantitative estimate of drug-likeness (QED) is 0.705. The molecular weight excluding hydrogens is 264 g/mol. The molecule has 1 heterocycles. The molecule has 1 aromatic heterocycles. The lowest BCUT2D eigenvalue weighted by Gasteiger charge is -2.26. The Morgan fingerprint density at radius 1 is 1.29 bits per heavy atom. The third-order valence-electron chi connectivity index (χ3n) is 4.77. The van der Waals surface area contributed by atoms with Gasteiger partial charge in [-0.2, -0.15) is 0 Å². The van der Waals surface area contributed by atoms with E-state index in [1.165, 1.54) is 32.1 Å². The van der Waals surface area contributed by atoms with E-state index in [-0.39, 0.29) is 12.4 Å². The predicted octanol–water partition coefficient (Wildman–Crippen LogP) is 2.89. The first-order valence-corrected chi connectivity index (χ1v) is 8.09. The van der Waals surface area contributed by atoms with E-state index < -0.39 is 0 Å². The molecule has 0 radical (unpaired) electrons. The van der Waals surface area contributed by atoms with Crippen molar-refractivity contribution in [3.63, 3.8) is 0 Å². The van der Waals surface area contributed by atoms with Gasteiger partial charge in [-0.3, -0.25) is 4.98 Å². The van der Waals surface area contributed by atoms with Gasteiger partial charge in [0.2, 0.25) is 0 Å². The number of hydrogen-bond acceptors (Lipinski definition) is 4. The zero-order valence-electron chi connectivity index (χ0n) is 13.2. The van der Waals surface area contributed by atoms with Crippen LogP contribution in [0.2, 0.25) is 0 Å². The number of pyridine rings is 1. The monoisotopic (exact) mass is 292 g/mol. The molecule has 0 amide bonds. The molecule has 1 saturated carbocycles. The molecule has 3 N–H and O–H groups in total. The first-order valence-electron chi connectivity index (χ1n) is 8.09. The average molecular weight is 292 g/mol. The van der Waals surface area contributed by atoms with Crippen LogP contribution in [0.1, 0.15) is 55.8 Å². The summed E-state index contributed by atoms with van der Waals surface area (Å²) in [5.74, 6) is 1.96. The Morgan fingerprint density at radius 3 is 2.67 bits per heavy atom. The van der Waals surface area contributed by atoms with Crippen molar-refractivity contribution in [3.05, 3.63) is 23.0 Å². The Balaban J connectivity index is 1.79. The molecule has 0 unspecified atom stereocenters. The van der Waals surface area contributed by atoms with E-state index in [0.717, 1.165) is 23.9 Å². The minimum atomic E-state index is -0.0850. The van der Waals surface area contributed by atoms with Gasteiger partial charge < -0.3 is 15.5 Å². The fourth-order valence-corrected chi connectivity index (χ4v) is 3.16. The smallest absolute Gasteiger partial charge is 0.141 e. The van der Waals surface area contributed by atoms with Crippen molar-refractivity contribution in [3.8, 4) is 5.75 Å². The van der Waals surface area contributed by atoms with Crippen LogP contribution in [0.4, 0.5) is 0 Å². The van der Waals surface area contributed by atoms with E-state index >= 15 is 0 Å². The van der Waals surface area contributed by atoms with E-state index in [4.69, 9.17) is 0 Å². The summed E-state index contributed by atoms with van der Waals surface area (Å²) >= 11 is 0. The maximum atomic E-state index is 10.1. The van der Waals surface area contributed by atoms with Crippen molar-refractivity contribution in [2.45, 2.75) is 59.1 Å². The first kappa shape index (κ1) is 16.2. The highest BCUT2D eigenvalue weighted by atomic mass is 16.3. The van der Waals surface area contributed by atoms with Gasteiger partial charge >= 0.3 is 0 Å². The van der Waals surface area contributed by atoms with Crippen LogP contribution < -0.4 is 5.32 Å². The molecule has 0 aliphatic heterocycles. The summed E-state index contributed by atoms with van der Waals surface area (Å²) in [5.41, 5.74) is 2.10. The molecule has 0 spiro atoms. The summed E-state index contributed by atoms with van der Waals surface area (Å²) in [5, 5.41) is 22.8. The highest BCUT2D eigenvalue weighted by Gasteiger charge is 2.17. The highest BCUT2D eigenvalue weighted by Crippen LogP contribution is 2.30. The van der Waals surface area contributed by atoms with Crippen molar-refractivity contribution in [1.29, 1.82) is 0 Å². The average Bonchev–Trinajstić information content (AvgIpc) is 2.49. The lowest BCUT2D eigenvalue weighted by Crippen LogP contribution is -2.21. The van der Waals surface area contributed by atoms with Gasteiger partial charge in [0.25, 0.3) is 0 Å². The minimum absolute atomic E-state index is 0.0850. The van der Waals surface area contributed by atoms with Gasteiger partial charge in [0.05, 0.1) is 12.3 Å². The second-order valence-electron chi connectivity index (χ2n) is 6.45. The zero-order chi connectivity index (χ0) is 15.2. The third kappa shape index (κ3) is 4.42. The largest absolute Gasteiger partial charge is 0.506 e. The van der Waals surface area contributed by atoms with Crippen molar-refractivity contribution in [2.24, 2.45) is 11.8 Å². The molecule has 2 rings (SSSR count). The van der Waals surface area contributed by atoms with Gasteiger partial charge in [0, 0.05) is 23.9 Å². The third-order valence-corrected chi connectivity index (χ3v) is 4.77. The number of hydrogen-bond donors (Lipinski definition) is 3. The molecule has 1 aliphatic rings. The minimum Gasteiger partial charge on any atom is -0.506 e. The number of nitrogens with zero attached hydrogens (tertiary/aromatic N) is 1. The molecule has 0 atom stereocenters. The van der Waals surface area contributed by atoms with E-state index in [1.807, 2.05) is 0 Å². The Morgan fingerprint density at radius 2 is 2.00 bits per heavy atom. The first-order chi connectivity index (χ1) is 10.1. The van der Waals surface area contributed by atoms with Crippen molar-refractivity contribution >= 4 is 0 Å². The number of nitrogens with one attached hydrogen (secondary N) is 1. The van der Waals surface area contributed by atoms with Crippen LogP contribution in [0.15, 0.2) is 6.20 Å². The Hall–Kier alpha value is -1.13. The summed E-state index contributed by atoms with van der Waals surface area (Å²) in [6.45, 7) is 5.60. The standard InChI is InChI=1S/C17H28N2O2/c1-12-3-5-14(6-4-12)7-8-18-10-16-15(11-20)9-19-13(2)17(16)21/h9,12,14,18,20-21H,3-8,10-11H2,1-2H3. The van der Waals surface area contributed by atoms with Crippen molar-refractivity contribution < 1.29 is 10.2 Å². The number of aliphatic hydroxyl groups excluding tert-OH is 1. The van der Waals surface area contributed by atoms with Gasteiger partial charge in [-0.25, -0.2) is 0 Å². The number of aliphatic hydroxyl groups is 1. The number of aryl methyl sites for hydroxylation is 1. The Bertz CT molecular complexity index is 454. The zero-order valence-corrected chi connectivity index (χ0v) is 13.2. The molecule has 0 saturated heterocycles. The van der Waals surface area contributed by atoms with Crippen LogP contribution in [0.5, 0.6) is 5.75 Å². The summed E-state index contributed by atoms with van der Waals surface area (Å²) < 4.78 is 0. The number of aromatic nitrogens is 1. The molecule has 0 aromatic carbocycles. The Labute approximate surface area is 127 Å². The second-order valence-corrected chi connectivity index (χ2v) is 6.45. The summed E-state index contributed by atoms with van der Waals surface area (Å²) in [6, 6.07) is 0. The normalized spacial score (nSPS) is 22.4. The lowest BCUT2D eigenvalue weighted by atomic mass is 9.81. The molecule has 0 bridgehead atoms. The molecule has 1 aromatic rings. The van der Waals surface area contributed by atoms with Crippen molar-refractivity contribution in [2.75, 3.05) is 6.54 Å². The van der Waals surface area contributed by atoms with Gasteiger partial charge in [0.1, 0.15) is 5.75 Å². The van der Waals surface area contributed by atoms with E-state index in [1.54, 1.807) is 13.1 Å². The van der Waals surface area contributed by atoms with Crippen molar-refractivity contribution in [1.82, 2.24) is 10.3 Å². The number of rotatable bonds is 6. The molecule has 4 heteroatoms. The van der Waals surface area contributed by atoms with Crippen LogP contribution in [0.3, 0.4) is 0 Å². The Kier molecular flexibility index (Phi) is 6.00. The fourth-order valence-electron chi connectivity index (χ4n) is 3.16.